The fourth-order valence-corrected chi connectivity index (χ4v) is 2.82. The van der Waals surface area contributed by atoms with E-state index in [4.69, 9.17) is 0 Å². The number of likely N-dealkylation sites (N-methyl/N-ethyl adjacent to an activating group) is 1. The largest absolute Gasteiger partial charge is 0.317 e. The Labute approximate surface area is 117 Å². The van der Waals surface area contributed by atoms with Gasteiger partial charge in [-0.1, -0.05) is 39.8 Å². The molecule has 0 radical (unpaired) electrons. The van der Waals surface area contributed by atoms with E-state index in [9.17, 15) is 4.39 Å². The van der Waals surface area contributed by atoms with Crippen LogP contribution in [-0.2, 0) is 6.42 Å². The van der Waals surface area contributed by atoms with Crippen LogP contribution in [0.25, 0.3) is 0 Å². The minimum absolute atomic E-state index is 0.161. The zero-order chi connectivity index (χ0) is 14.5. The van der Waals surface area contributed by atoms with Gasteiger partial charge in [-0.25, -0.2) is 4.39 Å². The molecule has 0 aliphatic carbocycles. The standard InChI is InChI=1S/C17H28FN/c1-13(12-17(2,3)4)10-16(19-5)11-14-6-8-15(18)9-7-14/h6-9,13,16,19H,10-12H2,1-5H3. The molecule has 2 heteroatoms. The molecular weight excluding hydrogens is 237 g/mol. The van der Waals surface area contributed by atoms with E-state index in [0.29, 0.717) is 17.4 Å². The summed E-state index contributed by atoms with van der Waals surface area (Å²) in [5, 5.41) is 3.39. The Hall–Kier alpha value is -0.890. The molecule has 0 saturated heterocycles. The number of halogens is 1. The molecule has 1 aromatic carbocycles. The highest BCUT2D eigenvalue weighted by Crippen LogP contribution is 2.27. The first-order valence-electron chi connectivity index (χ1n) is 7.22. The summed E-state index contributed by atoms with van der Waals surface area (Å²) in [6.07, 6.45) is 3.35. The first-order chi connectivity index (χ1) is 8.80. The smallest absolute Gasteiger partial charge is 0.123 e. The van der Waals surface area contributed by atoms with Gasteiger partial charge < -0.3 is 5.32 Å². The highest BCUT2D eigenvalue weighted by atomic mass is 19.1. The van der Waals surface area contributed by atoms with Gasteiger partial charge in [0.15, 0.2) is 0 Å². The van der Waals surface area contributed by atoms with Crippen LogP contribution in [0.15, 0.2) is 24.3 Å². The average Bonchev–Trinajstić information content (AvgIpc) is 2.28. The molecule has 2 atom stereocenters. The van der Waals surface area contributed by atoms with E-state index >= 15 is 0 Å². The Morgan fingerprint density at radius 2 is 1.74 bits per heavy atom. The van der Waals surface area contributed by atoms with Crippen LogP contribution < -0.4 is 5.32 Å². The average molecular weight is 265 g/mol. The van der Waals surface area contributed by atoms with E-state index in [1.54, 1.807) is 12.1 Å². The SMILES string of the molecule is CNC(Cc1ccc(F)cc1)CC(C)CC(C)(C)C. The van der Waals surface area contributed by atoms with Crippen LogP contribution in [0.3, 0.4) is 0 Å². The fourth-order valence-electron chi connectivity index (χ4n) is 2.82. The van der Waals surface area contributed by atoms with E-state index < -0.39 is 0 Å². The van der Waals surface area contributed by atoms with Crippen molar-refractivity contribution < 1.29 is 4.39 Å². The molecule has 108 valence electrons. The summed E-state index contributed by atoms with van der Waals surface area (Å²) in [7, 11) is 2.01. The van der Waals surface area contributed by atoms with Crippen molar-refractivity contribution in [2.24, 2.45) is 11.3 Å². The maximum atomic E-state index is 12.9. The second-order valence-electron chi connectivity index (χ2n) is 6.92. The number of hydrogen-bond donors (Lipinski definition) is 1. The van der Waals surface area contributed by atoms with Gasteiger partial charge in [0.25, 0.3) is 0 Å². The predicted octanol–water partition coefficient (Wildman–Crippen LogP) is 4.42. The molecule has 0 heterocycles. The van der Waals surface area contributed by atoms with Gasteiger partial charge in [0.1, 0.15) is 5.82 Å². The van der Waals surface area contributed by atoms with E-state index in [0.717, 1.165) is 12.8 Å². The van der Waals surface area contributed by atoms with Crippen molar-refractivity contribution in [3.8, 4) is 0 Å². The van der Waals surface area contributed by atoms with E-state index in [-0.39, 0.29) is 5.82 Å². The van der Waals surface area contributed by atoms with Gasteiger partial charge in [0.05, 0.1) is 0 Å². The van der Waals surface area contributed by atoms with Gasteiger partial charge in [0, 0.05) is 6.04 Å². The maximum absolute atomic E-state index is 12.9. The molecule has 0 saturated carbocycles. The lowest BCUT2D eigenvalue weighted by Gasteiger charge is -2.26. The van der Waals surface area contributed by atoms with Gasteiger partial charge >= 0.3 is 0 Å². The zero-order valence-corrected chi connectivity index (χ0v) is 13.0. The predicted molar refractivity (Wildman–Crippen MR) is 80.8 cm³/mol. The molecule has 0 amide bonds. The molecule has 0 fully saturated rings. The van der Waals surface area contributed by atoms with Gasteiger partial charge in [-0.05, 0) is 55.3 Å². The van der Waals surface area contributed by atoms with Gasteiger partial charge in [0.2, 0.25) is 0 Å². The molecule has 2 unspecified atom stereocenters. The van der Waals surface area contributed by atoms with Crippen molar-refractivity contribution in [2.75, 3.05) is 7.05 Å². The third kappa shape index (κ3) is 6.72. The molecule has 1 aromatic rings. The van der Waals surface area contributed by atoms with Crippen LogP contribution in [0.1, 0.15) is 46.1 Å². The molecule has 0 aliphatic heterocycles. The molecule has 0 aromatic heterocycles. The van der Waals surface area contributed by atoms with Crippen LogP contribution in [0.5, 0.6) is 0 Å². The second-order valence-corrected chi connectivity index (χ2v) is 6.92. The van der Waals surface area contributed by atoms with E-state index in [1.165, 1.54) is 12.0 Å². The van der Waals surface area contributed by atoms with E-state index in [1.807, 2.05) is 19.2 Å². The normalized spacial score (nSPS) is 15.3. The number of benzene rings is 1. The first-order valence-corrected chi connectivity index (χ1v) is 7.22. The molecule has 1 N–H and O–H groups in total. The Morgan fingerprint density at radius 1 is 1.16 bits per heavy atom. The van der Waals surface area contributed by atoms with Crippen molar-refractivity contribution >= 4 is 0 Å². The highest BCUT2D eigenvalue weighted by molar-refractivity contribution is 5.17. The Morgan fingerprint density at radius 3 is 2.21 bits per heavy atom. The molecule has 1 rings (SSSR count). The van der Waals surface area contributed by atoms with Crippen molar-refractivity contribution in [3.05, 3.63) is 35.6 Å². The topological polar surface area (TPSA) is 12.0 Å². The van der Waals surface area contributed by atoms with Crippen molar-refractivity contribution in [3.63, 3.8) is 0 Å². The summed E-state index contributed by atoms with van der Waals surface area (Å²) in [5.74, 6) is 0.531. The molecule has 19 heavy (non-hydrogen) atoms. The summed E-state index contributed by atoms with van der Waals surface area (Å²) in [6, 6.07) is 7.31. The van der Waals surface area contributed by atoms with E-state index in [2.05, 4.69) is 33.0 Å². The monoisotopic (exact) mass is 265 g/mol. The summed E-state index contributed by atoms with van der Waals surface area (Å²) in [6.45, 7) is 9.19. The van der Waals surface area contributed by atoms with Gasteiger partial charge in [-0.3, -0.25) is 0 Å². The summed E-state index contributed by atoms with van der Waals surface area (Å²) in [4.78, 5) is 0. The first kappa shape index (κ1) is 16.2. The minimum Gasteiger partial charge on any atom is -0.317 e. The Balaban J connectivity index is 2.51. The minimum atomic E-state index is -0.161. The molecule has 0 bridgehead atoms. The second kappa shape index (κ2) is 7.04. The Bertz CT molecular complexity index is 364. The molecular formula is C17H28FN. The van der Waals surface area contributed by atoms with Crippen LogP contribution in [0, 0.1) is 17.2 Å². The lowest BCUT2D eigenvalue weighted by atomic mass is 9.82. The number of rotatable bonds is 6. The van der Waals surface area contributed by atoms with Crippen LogP contribution in [0.2, 0.25) is 0 Å². The lowest BCUT2D eigenvalue weighted by Crippen LogP contribution is -2.30. The Kier molecular flexibility index (Phi) is 5.99. The third-order valence-electron chi connectivity index (χ3n) is 3.45. The molecule has 1 nitrogen and oxygen atoms in total. The maximum Gasteiger partial charge on any atom is 0.123 e. The van der Waals surface area contributed by atoms with Crippen LogP contribution in [0.4, 0.5) is 4.39 Å². The van der Waals surface area contributed by atoms with Gasteiger partial charge in [-0.2, -0.15) is 0 Å². The fraction of sp³-hybridized carbons (Fsp3) is 0.647. The number of hydrogen-bond acceptors (Lipinski definition) is 1. The summed E-state index contributed by atoms with van der Waals surface area (Å²) < 4.78 is 12.9. The number of nitrogens with one attached hydrogen (secondary N) is 1. The molecule has 0 aliphatic rings. The van der Waals surface area contributed by atoms with Crippen molar-refractivity contribution in [1.82, 2.24) is 5.32 Å². The van der Waals surface area contributed by atoms with Crippen molar-refractivity contribution in [1.29, 1.82) is 0 Å². The van der Waals surface area contributed by atoms with Crippen LogP contribution in [-0.4, -0.2) is 13.1 Å². The summed E-state index contributed by atoms with van der Waals surface area (Å²) in [5.41, 5.74) is 1.58. The molecule has 0 spiro atoms. The zero-order valence-electron chi connectivity index (χ0n) is 13.0. The van der Waals surface area contributed by atoms with Crippen LogP contribution >= 0.6 is 0 Å². The lowest BCUT2D eigenvalue weighted by molar-refractivity contribution is 0.277. The summed E-state index contributed by atoms with van der Waals surface area (Å²) >= 11 is 0. The third-order valence-corrected chi connectivity index (χ3v) is 3.45. The van der Waals surface area contributed by atoms with Crippen molar-refractivity contribution in [2.45, 2.75) is 53.0 Å². The highest BCUT2D eigenvalue weighted by Gasteiger charge is 2.18. The van der Waals surface area contributed by atoms with Gasteiger partial charge in [-0.15, -0.1) is 0 Å². The quantitative estimate of drug-likeness (QED) is 0.803.